The highest BCUT2D eigenvalue weighted by Gasteiger charge is 2.22. The Bertz CT molecular complexity index is 912. The molecule has 5 nitrogen and oxygen atoms in total. The Balaban J connectivity index is 2.21. The summed E-state index contributed by atoms with van der Waals surface area (Å²) in [6.07, 6.45) is 4.60. The van der Waals surface area contributed by atoms with Crippen LogP contribution in [0.1, 0.15) is 11.1 Å². The molecule has 0 aliphatic rings. The third-order valence-electron chi connectivity index (χ3n) is 3.55. The quantitative estimate of drug-likeness (QED) is 0.771. The minimum absolute atomic E-state index is 0.181. The fourth-order valence-corrected chi connectivity index (χ4v) is 4.63. The molecule has 0 aromatic carbocycles. The molecule has 23 heavy (non-hydrogen) atoms. The zero-order chi connectivity index (χ0) is 16.4. The Morgan fingerprint density at radius 2 is 2.17 bits per heavy atom. The van der Waals surface area contributed by atoms with Gasteiger partial charge < -0.3 is 5.32 Å². The molecule has 0 aliphatic heterocycles. The first-order valence-corrected chi connectivity index (χ1v) is 9.47. The second kappa shape index (κ2) is 6.27. The summed E-state index contributed by atoms with van der Waals surface area (Å²) in [5.74, 6) is 0. The minimum atomic E-state index is -3.68. The lowest BCUT2D eigenvalue weighted by atomic mass is 10.1. The minimum Gasteiger partial charge on any atom is -0.316 e. The molecule has 3 heterocycles. The Morgan fingerprint density at radius 3 is 2.78 bits per heavy atom. The summed E-state index contributed by atoms with van der Waals surface area (Å²) in [4.78, 5) is 4.11. The van der Waals surface area contributed by atoms with Gasteiger partial charge in [-0.2, -0.15) is 11.3 Å². The fraction of sp³-hybridized carbons (Fsp3) is 0.188. The summed E-state index contributed by atoms with van der Waals surface area (Å²) in [6.45, 7) is 2.59. The van der Waals surface area contributed by atoms with E-state index in [1.807, 2.05) is 30.8 Å². The summed E-state index contributed by atoms with van der Waals surface area (Å²) < 4.78 is 27.3. The predicted octanol–water partition coefficient (Wildman–Crippen LogP) is 2.88. The van der Waals surface area contributed by atoms with Crippen LogP contribution in [-0.2, 0) is 16.6 Å². The number of nitrogens with zero attached hydrogens (tertiary/aromatic N) is 2. The molecule has 3 aromatic rings. The Hall–Kier alpha value is -1.96. The van der Waals surface area contributed by atoms with Crippen molar-refractivity contribution in [1.29, 1.82) is 0 Å². The van der Waals surface area contributed by atoms with Gasteiger partial charge in [-0.1, -0.05) is 0 Å². The van der Waals surface area contributed by atoms with Gasteiger partial charge in [0.25, 0.3) is 10.0 Å². The van der Waals surface area contributed by atoms with Crippen molar-refractivity contribution >= 4 is 21.4 Å². The average Bonchev–Trinajstić information content (AvgIpc) is 3.15. The largest absolute Gasteiger partial charge is 0.316 e. The predicted molar refractivity (Wildman–Crippen MR) is 92.1 cm³/mol. The molecule has 7 heteroatoms. The zero-order valence-corrected chi connectivity index (χ0v) is 14.5. The maximum atomic E-state index is 13.0. The third-order valence-corrected chi connectivity index (χ3v) is 6.06. The van der Waals surface area contributed by atoms with E-state index in [1.165, 1.54) is 10.2 Å². The number of pyridine rings is 1. The number of hydrogen-bond donors (Lipinski definition) is 1. The van der Waals surface area contributed by atoms with E-state index in [2.05, 4.69) is 10.3 Å². The van der Waals surface area contributed by atoms with Gasteiger partial charge in [-0.05, 0) is 48.7 Å². The van der Waals surface area contributed by atoms with E-state index in [9.17, 15) is 8.42 Å². The molecule has 0 saturated heterocycles. The average molecular weight is 347 g/mol. The van der Waals surface area contributed by atoms with Gasteiger partial charge in [0, 0.05) is 36.1 Å². The molecule has 3 aromatic heterocycles. The number of rotatable bonds is 5. The number of aromatic nitrogens is 2. The molecule has 120 valence electrons. The van der Waals surface area contributed by atoms with Crippen LogP contribution in [0.25, 0.3) is 11.3 Å². The lowest BCUT2D eigenvalue weighted by Gasteiger charge is -2.10. The van der Waals surface area contributed by atoms with Crippen LogP contribution in [0.3, 0.4) is 0 Å². The van der Waals surface area contributed by atoms with E-state index in [4.69, 9.17) is 0 Å². The molecular formula is C16H17N3O2S2. The monoisotopic (exact) mass is 347 g/mol. The SMILES string of the molecule is CNCc1cc(-c2cscc2C)n(S(=O)(=O)c2cccnc2)c1. The standard InChI is InChI=1S/C16H17N3O2S2/c1-12-10-22-11-15(12)16-6-13(7-17-2)9-19(16)23(20,21)14-4-3-5-18-8-14/h3-6,8-11,17H,7H2,1-2H3. The molecule has 3 rings (SSSR count). The summed E-state index contributed by atoms with van der Waals surface area (Å²) >= 11 is 1.56. The van der Waals surface area contributed by atoms with Crippen LogP contribution >= 0.6 is 11.3 Å². The molecule has 0 amide bonds. The molecule has 0 atom stereocenters. The first kappa shape index (κ1) is 15.9. The van der Waals surface area contributed by atoms with E-state index in [-0.39, 0.29) is 4.90 Å². The number of nitrogens with one attached hydrogen (secondary N) is 1. The van der Waals surface area contributed by atoms with E-state index in [0.717, 1.165) is 16.7 Å². The molecule has 0 aliphatic carbocycles. The highest BCUT2D eigenvalue weighted by molar-refractivity contribution is 7.90. The summed E-state index contributed by atoms with van der Waals surface area (Å²) in [5.41, 5.74) is 3.59. The molecule has 0 spiro atoms. The van der Waals surface area contributed by atoms with E-state index < -0.39 is 10.0 Å². The van der Waals surface area contributed by atoms with Crippen molar-refractivity contribution in [2.45, 2.75) is 18.4 Å². The van der Waals surface area contributed by atoms with Gasteiger partial charge in [-0.15, -0.1) is 0 Å². The lowest BCUT2D eigenvalue weighted by Crippen LogP contribution is -2.13. The topological polar surface area (TPSA) is 64.0 Å². The maximum Gasteiger partial charge on any atom is 0.269 e. The second-order valence-electron chi connectivity index (χ2n) is 5.22. The fourth-order valence-electron chi connectivity index (χ4n) is 2.43. The van der Waals surface area contributed by atoms with Crippen LogP contribution in [0.15, 0.2) is 52.4 Å². The molecule has 0 bridgehead atoms. The highest BCUT2D eigenvalue weighted by atomic mass is 32.2. The Kier molecular flexibility index (Phi) is 4.34. The van der Waals surface area contributed by atoms with Crippen LogP contribution in [0, 0.1) is 6.92 Å². The van der Waals surface area contributed by atoms with Gasteiger partial charge in [0.2, 0.25) is 0 Å². The molecule has 0 unspecified atom stereocenters. The van der Waals surface area contributed by atoms with Crippen molar-refractivity contribution in [3.8, 4) is 11.3 Å². The van der Waals surface area contributed by atoms with Crippen molar-refractivity contribution in [3.63, 3.8) is 0 Å². The summed E-state index contributed by atoms with van der Waals surface area (Å²) in [5, 5.41) is 7.05. The molecule has 1 N–H and O–H groups in total. The number of thiophene rings is 1. The Labute approximate surface area is 139 Å². The van der Waals surface area contributed by atoms with Gasteiger partial charge in [-0.3, -0.25) is 4.98 Å². The van der Waals surface area contributed by atoms with Gasteiger partial charge in [-0.25, -0.2) is 12.4 Å². The molecule has 0 radical (unpaired) electrons. The Morgan fingerprint density at radius 1 is 1.35 bits per heavy atom. The van der Waals surface area contributed by atoms with Crippen LogP contribution in [0.5, 0.6) is 0 Å². The van der Waals surface area contributed by atoms with Crippen LogP contribution in [0.2, 0.25) is 0 Å². The molecular weight excluding hydrogens is 330 g/mol. The smallest absolute Gasteiger partial charge is 0.269 e. The van der Waals surface area contributed by atoms with Gasteiger partial charge in [0.05, 0.1) is 5.69 Å². The number of aryl methyl sites for hydroxylation is 1. The van der Waals surface area contributed by atoms with Gasteiger partial charge in [0.1, 0.15) is 4.90 Å². The van der Waals surface area contributed by atoms with Crippen molar-refractivity contribution < 1.29 is 8.42 Å². The summed E-state index contributed by atoms with van der Waals surface area (Å²) in [6, 6.07) is 5.10. The second-order valence-corrected chi connectivity index (χ2v) is 7.78. The lowest BCUT2D eigenvalue weighted by molar-refractivity contribution is 0.587. The third kappa shape index (κ3) is 2.95. The van der Waals surface area contributed by atoms with Crippen LogP contribution in [-0.4, -0.2) is 24.4 Å². The van der Waals surface area contributed by atoms with Crippen molar-refractivity contribution in [2.75, 3.05) is 7.05 Å². The molecule has 0 fully saturated rings. The highest BCUT2D eigenvalue weighted by Crippen LogP contribution is 2.31. The van der Waals surface area contributed by atoms with Crippen molar-refractivity contribution in [2.24, 2.45) is 0 Å². The van der Waals surface area contributed by atoms with Crippen LogP contribution < -0.4 is 5.32 Å². The van der Waals surface area contributed by atoms with E-state index in [1.54, 1.807) is 35.9 Å². The number of hydrogen-bond acceptors (Lipinski definition) is 5. The zero-order valence-electron chi connectivity index (χ0n) is 12.9. The van der Waals surface area contributed by atoms with Gasteiger partial charge in [0.15, 0.2) is 0 Å². The van der Waals surface area contributed by atoms with E-state index >= 15 is 0 Å². The normalized spacial score (nSPS) is 11.7. The van der Waals surface area contributed by atoms with E-state index in [0.29, 0.717) is 12.2 Å². The maximum absolute atomic E-state index is 13.0. The summed E-state index contributed by atoms with van der Waals surface area (Å²) in [7, 11) is -1.84. The van der Waals surface area contributed by atoms with Crippen molar-refractivity contribution in [3.05, 3.63) is 58.7 Å². The first-order chi connectivity index (χ1) is 11.0. The van der Waals surface area contributed by atoms with Crippen LogP contribution in [0.4, 0.5) is 0 Å². The first-order valence-electron chi connectivity index (χ1n) is 7.08. The molecule has 0 saturated carbocycles. The van der Waals surface area contributed by atoms with Crippen molar-refractivity contribution in [1.82, 2.24) is 14.3 Å². The van der Waals surface area contributed by atoms with Gasteiger partial charge >= 0.3 is 0 Å².